The lowest BCUT2D eigenvalue weighted by Crippen LogP contribution is -2.58. The Morgan fingerprint density at radius 2 is 1.92 bits per heavy atom. The summed E-state index contributed by atoms with van der Waals surface area (Å²) in [7, 11) is 0. The molecule has 2 N–H and O–H groups in total. The topological polar surface area (TPSA) is 70.4 Å². The maximum absolute atomic E-state index is 14.2. The first-order valence-electron chi connectivity index (χ1n) is 11.5. The molecule has 0 aliphatic rings. The van der Waals surface area contributed by atoms with Gasteiger partial charge in [0.15, 0.2) is 5.60 Å². The number of nitrogens with one attached hydrogen (secondary N) is 1. The maximum atomic E-state index is 14.2. The Balaban J connectivity index is 1.63. The molecule has 36 heavy (non-hydrogen) atoms. The zero-order valence-corrected chi connectivity index (χ0v) is 20.7. The Bertz CT molecular complexity index is 1320. The molecule has 10 heteroatoms. The number of carbonyl (C=O) groups excluding carboxylic acids is 1. The third kappa shape index (κ3) is 5.24. The standard InChI is InChI=1S/C26H27F3N4O2S/c1-3-11-32(24(34)23-10-7-12-36-23)17-25(35,26(27,28)29)16-30-21-13-18(2)14-22-20(21)15-31-33(22)19-8-5-4-6-9-19/h4-10,12-15,30,35H,3,11,16-17H2,1-2H3. The number of hydrogen-bond acceptors (Lipinski definition) is 5. The monoisotopic (exact) mass is 516 g/mol. The number of aliphatic hydroxyl groups is 1. The number of fused-ring (bicyclic) bond motifs is 1. The predicted molar refractivity (Wildman–Crippen MR) is 136 cm³/mol. The average molecular weight is 517 g/mol. The van der Waals surface area contributed by atoms with E-state index in [-0.39, 0.29) is 6.54 Å². The van der Waals surface area contributed by atoms with Crippen LogP contribution >= 0.6 is 11.3 Å². The average Bonchev–Trinajstić information content (AvgIpc) is 3.52. The van der Waals surface area contributed by atoms with E-state index < -0.39 is 30.8 Å². The van der Waals surface area contributed by atoms with Crippen molar-refractivity contribution in [1.82, 2.24) is 14.7 Å². The summed E-state index contributed by atoms with van der Waals surface area (Å²) < 4.78 is 44.3. The third-order valence-corrected chi connectivity index (χ3v) is 6.76. The molecule has 0 bridgehead atoms. The Labute approximate surface area is 211 Å². The lowest BCUT2D eigenvalue weighted by atomic mass is 10.0. The molecule has 0 aliphatic carbocycles. The number of alkyl halides is 3. The van der Waals surface area contributed by atoms with Crippen LogP contribution in [0.25, 0.3) is 16.6 Å². The molecule has 0 aliphatic heterocycles. The molecular formula is C26H27F3N4O2S. The van der Waals surface area contributed by atoms with E-state index >= 15 is 0 Å². The Kier molecular flexibility index (Phi) is 7.37. The molecule has 1 amide bonds. The number of halogens is 3. The minimum atomic E-state index is -4.97. The second-order valence-corrected chi connectivity index (χ2v) is 9.67. The van der Waals surface area contributed by atoms with Crippen molar-refractivity contribution in [2.24, 2.45) is 0 Å². The van der Waals surface area contributed by atoms with Crippen LogP contribution in [0.1, 0.15) is 28.6 Å². The first-order chi connectivity index (χ1) is 17.1. The van der Waals surface area contributed by atoms with Crippen LogP contribution in [0.3, 0.4) is 0 Å². The Hall–Kier alpha value is -3.37. The van der Waals surface area contributed by atoms with Gasteiger partial charge in [-0.2, -0.15) is 18.3 Å². The molecule has 0 saturated carbocycles. The van der Waals surface area contributed by atoms with Gasteiger partial charge in [-0.25, -0.2) is 4.68 Å². The fourth-order valence-corrected chi connectivity index (χ4v) is 4.76. The number of nitrogens with zero attached hydrogens (tertiary/aromatic N) is 3. The maximum Gasteiger partial charge on any atom is 0.420 e. The van der Waals surface area contributed by atoms with Crippen LogP contribution in [0.2, 0.25) is 0 Å². The van der Waals surface area contributed by atoms with E-state index in [1.54, 1.807) is 41.4 Å². The highest BCUT2D eigenvalue weighted by Gasteiger charge is 2.55. The summed E-state index contributed by atoms with van der Waals surface area (Å²) in [6, 6.07) is 16.3. The molecular weight excluding hydrogens is 489 g/mol. The molecule has 2 aromatic carbocycles. The molecule has 4 aromatic rings. The number of thiophene rings is 1. The molecule has 0 saturated heterocycles. The van der Waals surface area contributed by atoms with Gasteiger partial charge in [-0.3, -0.25) is 4.79 Å². The van der Waals surface area contributed by atoms with Crippen molar-refractivity contribution >= 4 is 33.8 Å². The van der Waals surface area contributed by atoms with E-state index in [1.165, 1.54) is 0 Å². The van der Waals surface area contributed by atoms with E-state index in [9.17, 15) is 23.1 Å². The summed E-state index contributed by atoms with van der Waals surface area (Å²) >= 11 is 1.15. The van der Waals surface area contributed by atoms with Gasteiger partial charge < -0.3 is 15.3 Å². The van der Waals surface area contributed by atoms with Crippen LogP contribution in [0.15, 0.2) is 66.2 Å². The summed E-state index contributed by atoms with van der Waals surface area (Å²) in [6.07, 6.45) is -2.94. The van der Waals surface area contributed by atoms with Gasteiger partial charge in [-0.05, 0) is 54.6 Å². The van der Waals surface area contributed by atoms with E-state index in [1.807, 2.05) is 43.3 Å². The Morgan fingerprint density at radius 3 is 2.56 bits per heavy atom. The summed E-state index contributed by atoms with van der Waals surface area (Å²) in [4.78, 5) is 14.3. The number of amides is 1. The first-order valence-corrected chi connectivity index (χ1v) is 12.4. The zero-order chi connectivity index (χ0) is 25.9. The SMILES string of the molecule is CCCN(CC(O)(CNc1cc(C)cc2c1cnn2-c1ccccc1)C(F)(F)F)C(=O)c1cccs1. The number of hydrogen-bond donors (Lipinski definition) is 2. The lowest BCUT2D eigenvalue weighted by molar-refractivity contribution is -0.257. The molecule has 2 heterocycles. The smallest absolute Gasteiger partial charge is 0.381 e. The first kappa shape index (κ1) is 25.7. The number of rotatable bonds is 9. The van der Waals surface area contributed by atoms with Crippen molar-refractivity contribution in [1.29, 1.82) is 0 Å². The number of anilines is 1. The van der Waals surface area contributed by atoms with Crippen molar-refractivity contribution in [3.05, 3.63) is 76.6 Å². The van der Waals surface area contributed by atoms with Crippen LogP contribution in [-0.4, -0.2) is 57.1 Å². The zero-order valence-electron chi connectivity index (χ0n) is 19.9. The van der Waals surface area contributed by atoms with Gasteiger partial charge in [0.1, 0.15) is 0 Å². The van der Waals surface area contributed by atoms with E-state index in [0.29, 0.717) is 22.4 Å². The summed E-state index contributed by atoms with van der Waals surface area (Å²) in [6.45, 7) is 1.99. The highest BCUT2D eigenvalue weighted by Crippen LogP contribution is 2.34. The molecule has 6 nitrogen and oxygen atoms in total. The molecule has 2 aromatic heterocycles. The molecule has 1 atom stereocenters. The molecule has 4 rings (SSSR count). The normalized spacial score (nSPS) is 13.5. The van der Waals surface area contributed by atoms with Crippen LogP contribution < -0.4 is 5.32 Å². The van der Waals surface area contributed by atoms with Crippen molar-refractivity contribution < 1.29 is 23.1 Å². The molecule has 0 radical (unpaired) electrons. The van der Waals surface area contributed by atoms with Gasteiger partial charge in [0, 0.05) is 17.6 Å². The van der Waals surface area contributed by atoms with Gasteiger partial charge in [0.2, 0.25) is 0 Å². The largest absolute Gasteiger partial charge is 0.420 e. The van der Waals surface area contributed by atoms with Gasteiger partial charge in [-0.1, -0.05) is 31.2 Å². The number of aryl methyl sites for hydroxylation is 1. The van der Waals surface area contributed by atoms with Gasteiger partial charge in [0.05, 0.1) is 35.4 Å². The summed E-state index contributed by atoms with van der Waals surface area (Å²) in [5.41, 5.74) is -0.390. The second-order valence-electron chi connectivity index (χ2n) is 8.72. The predicted octanol–water partition coefficient (Wildman–Crippen LogP) is 5.65. The van der Waals surface area contributed by atoms with Gasteiger partial charge in [0.25, 0.3) is 5.91 Å². The van der Waals surface area contributed by atoms with E-state index in [0.717, 1.165) is 33.0 Å². The number of para-hydroxylation sites is 1. The lowest BCUT2D eigenvalue weighted by Gasteiger charge is -2.36. The van der Waals surface area contributed by atoms with Crippen molar-refractivity contribution in [2.45, 2.75) is 32.0 Å². The quantitative estimate of drug-likeness (QED) is 0.302. The van der Waals surface area contributed by atoms with Gasteiger partial charge >= 0.3 is 6.18 Å². The molecule has 0 fully saturated rings. The second kappa shape index (κ2) is 10.3. The highest BCUT2D eigenvalue weighted by atomic mass is 32.1. The van der Waals surface area contributed by atoms with Crippen molar-refractivity contribution in [3.63, 3.8) is 0 Å². The van der Waals surface area contributed by atoms with Gasteiger partial charge in [-0.15, -0.1) is 11.3 Å². The third-order valence-electron chi connectivity index (χ3n) is 5.90. The molecule has 190 valence electrons. The molecule has 1 unspecified atom stereocenters. The number of benzene rings is 2. The molecule has 0 spiro atoms. The minimum absolute atomic E-state index is 0.0909. The van der Waals surface area contributed by atoms with E-state index in [4.69, 9.17) is 0 Å². The summed E-state index contributed by atoms with van der Waals surface area (Å²) in [5.74, 6) is -0.531. The van der Waals surface area contributed by atoms with E-state index in [2.05, 4.69) is 10.4 Å². The fourth-order valence-electron chi connectivity index (χ4n) is 4.07. The van der Waals surface area contributed by atoms with Crippen LogP contribution in [0.4, 0.5) is 18.9 Å². The number of aromatic nitrogens is 2. The Morgan fingerprint density at radius 1 is 1.17 bits per heavy atom. The summed E-state index contributed by atoms with van der Waals surface area (Å²) in [5, 5.41) is 20.4. The van der Waals surface area contributed by atoms with Crippen LogP contribution in [-0.2, 0) is 0 Å². The fraction of sp³-hybridized carbons (Fsp3) is 0.308. The van der Waals surface area contributed by atoms with Crippen LogP contribution in [0.5, 0.6) is 0 Å². The van der Waals surface area contributed by atoms with Crippen molar-refractivity contribution in [2.75, 3.05) is 25.0 Å². The van der Waals surface area contributed by atoms with Crippen molar-refractivity contribution in [3.8, 4) is 5.69 Å². The minimum Gasteiger partial charge on any atom is -0.381 e. The number of carbonyl (C=O) groups is 1. The van der Waals surface area contributed by atoms with Crippen LogP contribution in [0, 0.1) is 6.92 Å². The highest BCUT2D eigenvalue weighted by molar-refractivity contribution is 7.12.